The number of nitrogens with zero attached hydrogens (tertiary/aromatic N) is 2. The van der Waals surface area contributed by atoms with Gasteiger partial charge in [-0.2, -0.15) is 27.2 Å². The summed E-state index contributed by atoms with van der Waals surface area (Å²) in [7, 11) is 0. The molecule has 0 saturated heterocycles. The molecule has 1 aliphatic carbocycles. The summed E-state index contributed by atoms with van der Waals surface area (Å²) in [4.78, 5) is 0. The highest BCUT2D eigenvalue weighted by Crippen LogP contribution is 2.52. The fourth-order valence-electron chi connectivity index (χ4n) is 3.16. The Kier molecular flexibility index (Phi) is 4.46. The van der Waals surface area contributed by atoms with Crippen molar-refractivity contribution in [3.05, 3.63) is 52.6 Å². The van der Waals surface area contributed by atoms with Crippen LogP contribution in [0.3, 0.4) is 0 Å². The van der Waals surface area contributed by atoms with E-state index in [-0.39, 0.29) is 6.20 Å². The van der Waals surface area contributed by atoms with E-state index in [0.717, 1.165) is 18.2 Å². The number of nitriles is 1. The van der Waals surface area contributed by atoms with E-state index in [2.05, 4.69) is 0 Å². The SMILES string of the molecule is N#Cc1cccc(-n2cc(C(F)(F)C(F)(F)F)c3c2CCC(F)(F)C3O)c1F. The molecule has 1 aliphatic rings. The predicted molar refractivity (Wildman–Crippen MR) is 78.6 cm³/mol. The summed E-state index contributed by atoms with van der Waals surface area (Å²) in [6.07, 6.45) is -10.6. The second-order valence-corrected chi connectivity index (χ2v) is 6.26. The molecule has 0 aliphatic heterocycles. The van der Waals surface area contributed by atoms with Gasteiger partial charge in [0, 0.05) is 23.9 Å². The molecule has 11 heteroatoms. The normalized spacial score (nSPS) is 19.2. The van der Waals surface area contributed by atoms with Gasteiger partial charge in [-0.25, -0.2) is 13.2 Å². The van der Waals surface area contributed by atoms with Crippen molar-refractivity contribution in [1.82, 2.24) is 4.57 Å². The Hall–Kier alpha value is -2.61. The van der Waals surface area contributed by atoms with Crippen LogP contribution in [-0.2, 0) is 12.3 Å². The molecule has 1 heterocycles. The van der Waals surface area contributed by atoms with Gasteiger partial charge in [0.1, 0.15) is 12.2 Å². The third kappa shape index (κ3) is 2.83. The summed E-state index contributed by atoms with van der Waals surface area (Å²) >= 11 is 0. The first-order valence-electron chi connectivity index (χ1n) is 7.77. The first-order chi connectivity index (χ1) is 12.8. The Morgan fingerprint density at radius 3 is 2.39 bits per heavy atom. The zero-order valence-electron chi connectivity index (χ0n) is 13.7. The quantitative estimate of drug-likeness (QED) is 0.726. The molecule has 0 amide bonds. The van der Waals surface area contributed by atoms with E-state index in [9.17, 15) is 40.2 Å². The molecule has 1 unspecified atom stereocenters. The second-order valence-electron chi connectivity index (χ2n) is 6.26. The van der Waals surface area contributed by atoms with Crippen molar-refractivity contribution in [1.29, 1.82) is 5.26 Å². The Labute approximate surface area is 152 Å². The van der Waals surface area contributed by atoms with E-state index in [0.29, 0.717) is 4.57 Å². The van der Waals surface area contributed by atoms with Crippen molar-refractivity contribution in [3.63, 3.8) is 0 Å². The molecule has 3 rings (SSSR count). The molecule has 1 N–H and O–H groups in total. The maximum atomic E-state index is 14.5. The molecule has 0 spiro atoms. The molecule has 0 radical (unpaired) electrons. The van der Waals surface area contributed by atoms with E-state index in [1.54, 1.807) is 0 Å². The summed E-state index contributed by atoms with van der Waals surface area (Å²) in [5.41, 5.74) is -4.78. The van der Waals surface area contributed by atoms with E-state index < -0.39 is 70.9 Å². The number of fused-ring (bicyclic) bond motifs is 1. The first-order valence-corrected chi connectivity index (χ1v) is 7.77. The number of hydrogen-bond acceptors (Lipinski definition) is 2. The summed E-state index contributed by atoms with van der Waals surface area (Å²) in [5, 5.41) is 18.7. The second kappa shape index (κ2) is 6.20. The zero-order valence-corrected chi connectivity index (χ0v) is 13.7. The van der Waals surface area contributed by atoms with Gasteiger partial charge in [0.2, 0.25) is 0 Å². The lowest BCUT2D eigenvalue weighted by molar-refractivity contribution is -0.290. The van der Waals surface area contributed by atoms with Crippen LogP contribution in [0.1, 0.15) is 34.9 Å². The van der Waals surface area contributed by atoms with Gasteiger partial charge in [-0.05, 0) is 18.6 Å². The molecular formula is C17H10F8N2O. The number of alkyl halides is 7. The Morgan fingerprint density at radius 1 is 1.18 bits per heavy atom. The minimum absolute atomic E-state index is 0.183. The predicted octanol–water partition coefficient (Wildman–Crippen LogP) is 4.76. The Bertz CT molecular complexity index is 971. The number of hydrogen-bond donors (Lipinski definition) is 1. The van der Waals surface area contributed by atoms with Crippen LogP contribution in [0.4, 0.5) is 35.1 Å². The van der Waals surface area contributed by atoms with Crippen LogP contribution in [-0.4, -0.2) is 21.8 Å². The maximum Gasteiger partial charge on any atom is 0.458 e. The molecule has 0 saturated carbocycles. The number of benzene rings is 1. The van der Waals surface area contributed by atoms with E-state index in [1.807, 2.05) is 0 Å². The minimum Gasteiger partial charge on any atom is -0.382 e. The standard InChI is InChI=1S/C17H10F8N2O/c18-13-8(6-26)2-1-3-11(13)27-7-9(16(21,22)17(23,24)25)12-10(27)4-5-15(19,20)14(12)28/h1-3,7,14,28H,4-5H2. The van der Waals surface area contributed by atoms with Crippen LogP contribution >= 0.6 is 0 Å². The maximum absolute atomic E-state index is 14.5. The largest absolute Gasteiger partial charge is 0.458 e. The van der Waals surface area contributed by atoms with Crippen LogP contribution in [0.25, 0.3) is 5.69 Å². The third-order valence-electron chi connectivity index (χ3n) is 4.57. The van der Waals surface area contributed by atoms with E-state index in [4.69, 9.17) is 5.26 Å². The average molecular weight is 410 g/mol. The van der Waals surface area contributed by atoms with Crippen molar-refractivity contribution < 1.29 is 40.2 Å². The van der Waals surface area contributed by atoms with E-state index in [1.165, 1.54) is 6.07 Å². The molecule has 150 valence electrons. The highest BCUT2D eigenvalue weighted by molar-refractivity contribution is 5.50. The summed E-state index contributed by atoms with van der Waals surface area (Å²) < 4.78 is 109. The fourth-order valence-corrected chi connectivity index (χ4v) is 3.16. The average Bonchev–Trinajstić information content (AvgIpc) is 2.98. The van der Waals surface area contributed by atoms with Crippen molar-refractivity contribution in [2.45, 2.75) is 37.0 Å². The number of rotatable bonds is 2. The van der Waals surface area contributed by atoms with Gasteiger partial charge in [-0.3, -0.25) is 0 Å². The first kappa shape index (κ1) is 20.1. The van der Waals surface area contributed by atoms with Gasteiger partial charge >= 0.3 is 12.1 Å². The van der Waals surface area contributed by atoms with Crippen LogP contribution in [0.15, 0.2) is 24.4 Å². The van der Waals surface area contributed by atoms with Crippen molar-refractivity contribution in [3.8, 4) is 11.8 Å². The van der Waals surface area contributed by atoms with Crippen LogP contribution in [0, 0.1) is 17.1 Å². The topological polar surface area (TPSA) is 49.0 Å². The van der Waals surface area contributed by atoms with Crippen molar-refractivity contribution >= 4 is 0 Å². The Morgan fingerprint density at radius 2 is 1.82 bits per heavy atom. The van der Waals surface area contributed by atoms with Gasteiger partial charge in [0.25, 0.3) is 5.92 Å². The van der Waals surface area contributed by atoms with Crippen molar-refractivity contribution in [2.24, 2.45) is 0 Å². The van der Waals surface area contributed by atoms with Gasteiger partial charge < -0.3 is 9.67 Å². The Balaban J connectivity index is 2.35. The van der Waals surface area contributed by atoms with Crippen LogP contribution in [0.5, 0.6) is 0 Å². The highest BCUT2D eigenvalue weighted by Gasteiger charge is 2.62. The lowest BCUT2D eigenvalue weighted by atomic mass is 9.87. The number of aliphatic hydroxyl groups is 1. The summed E-state index contributed by atoms with van der Waals surface area (Å²) in [6, 6.07) is 4.67. The van der Waals surface area contributed by atoms with Crippen LogP contribution < -0.4 is 0 Å². The molecule has 0 fully saturated rings. The molecule has 1 aromatic heterocycles. The van der Waals surface area contributed by atoms with E-state index >= 15 is 0 Å². The molecule has 1 atom stereocenters. The fraction of sp³-hybridized carbons (Fsp3) is 0.353. The number of aromatic nitrogens is 1. The minimum atomic E-state index is -6.13. The zero-order chi connectivity index (χ0) is 21.1. The van der Waals surface area contributed by atoms with Crippen LogP contribution in [0.2, 0.25) is 0 Å². The molecule has 0 bridgehead atoms. The lowest BCUT2D eigenvalue weighted by Gasteiger charge is -2.30. The molecular weight excluding hydrogens is 400 g/mol. The summed E-state index contributed by atoms with van der Waals surface area (Å²) in [6.45, 7) is 0. The molecule has 2 aromatic rings. The molecule has 3 nitrogen and oxygen atoms in total. The lowest BCUT2D eigenvalue weighted by Crippen LogP contribution is -2.37. The summed E-state index contributed by atoms with van der Waals surface area (Å²) in [5.74, 6) is -10.7. The smallest absolute Gasteiger partial charge is 0.382 e. The van der Waals surface area contributed by atoms with Crippen molar-refractivity contribution in [2.75, 3.05) is 0 Å². The third-order valence-corrected chi connectivity index (χ3v) is 4.57. The molecule has 28 heavy (non-hydrogen) atoms. The van der Waals surface area contributed by atoms with Gasteiger partial charge in [-0.1, -0.05) is 6.07 Å². The monoisotopic (exact) mass is 410 g/mol. The van der Waals surface area contributed by atoms with Gasteiger partial charge in [0.15, 0.2) is 5.82 Å². The van der Waals surface area contributed by atoms with Gasteiger partial charge in [-0.15, -0.1) is 0 Å². The van der Waals surface area contributed by atoms with Gasteiger partial charge in [0.05, 0.1) is 16.8 Å². The number of aliphatic hydroxyl groups excluding tert-OH is 1. The highest BCUT2D eigenvalue weighted by atomic mass is 19.4. The number of halogens is 8. The molecule has 1 aromatic carbocycles.